The fraction of sp³-hybridized carbons (Fsp3) is 0.111. The molecule has 23 heavy (non-hydrogen) atoms. The van der Waals surface area contributed by atoms with Crippen LogP contribution >= 0.6 is 11.3 Å². The topological polar surface area (TPSA) is 51.2 Å². The Bertz CT molecular complexity index is 800. The van der Waals surface area contributed by atoms with Gasteiger partial charge in [-0.05, 0) is 36.1 Å². The Labute approximate surface area is 138 Å². The number of benzene rings is 1. The molecule has 1 N–H and O–H groups in total. The highest BCUT2D eigenvalue weighted by atomic mass is 32.1. The molecule has 0 radical (unpaired) electrons. The number of rotatable bonds is 5. The lowest BCUT2D eigenvalue weighted by atomic mass is 10.1. The predicted octanol–water partition coefficient (Wildman–Crippen LogP) is 4.28. The molecular formula is C18H16N2O2S. The first-order valence-corrected chi connectivity index (χ1v) is 8.07. The van der Waals surface area contributed by atoms with E-state index in [1.54, 1.807) is 24.5 Å². The van der Waals surface area contributed by atoms with Gasteiger partial charge in [-0.1, -0.05) is 29.8 Å². The van der Waals surface area contributed by atoms with E-state index >= 15 is 0 Å². The highest BCUT2D eigenvalue weighted by Crippen LogP contribution is 2.26. The minimum atomic E-state index is -0.188. The molecule has 0 aliphatic rings. The smallest absolute Gasteiger partial charge is 0.269 e. The molecule has 2 heterocycles. The molecule has 0 saturated carbocycles. The molecule has 0 atom stereocenters. The molecule has 0 aliphatic carbocycles. The van der Waals surface area contributed by atoms with Crippen molar-refractivity contribution in [2.45, 2.75) is 13.5 Å². The second kappa shape index (κ2) is 7.07. The van der Waals surface area contributed by atoms with Crippen molar-refractivity contribution < 1.29 is 9.53 Å². The zero-order valence-corrected chi connectivity index (χ0v) is 13.5. The fourth-order valence-electron chi connectivity index (χ4n) is 2.16. The van der Waals surface area contributed by atoms with E-state index in [0.717, 1.165) is 5.56 Å². The first-order chi connectivity index (χ1) is 11.2. The Morgan fingerprint density at radius 1 is 1.26 bits per heavy atom. The van der Waals surface area contributed by atoms with Crippen LogP contribution in [-0.4, -0.2) is 10.9 Å². The van der Waals surface area contributed by atoms with Crippen molar-refractivity contribution in [3.05, 3.63) is 76.2 Å². The molecule has 1 amide bonds. The third-order valence-electron chi connectivity index (χ3n) is 3.23. The van der Waals surface area contributed by atoms with E-state index in [2.05, 4.69) is 16.4 Å². The predicted molar refractivity (Wildman–Crippen MR) is 92.0 cm³/mol. The molecule has 4 nitrogen and oxygen atoms in total. The van der Waals surface area contributed by atoms with Crippen LogP contribution < -0.4 is 10.1 Å². The molecule has 0 saturated heterocycles. The molecule has 2 aromatic heterocycles. The molecule has 0 spiro atoms. The minimum absolute atomic E-state index is 0.188. The number of carbonyl (C=O) groups is 1. The second-order valence-electron chi connectivity index (χ2n) is 5.09. The van der Waals surface area contributed by atoms with Crippen molar-refractivity contribution in [1.29, 1.82) is 0 Å². The second-order valence-corrected chi connectivity index (χ2v) is 6.00. The van der Waals surface area contributed by atoms with E-state index in [9.17, 15) is 4.79 Å². The third kappa shape index (κ3) is 3.96. The molecular weight excluding hydrogens is 308 g/mol. The first-order valence-electron chi connectivity index (χ1n) is 7.19. The normalized spacial score (nSPS) is 10.3. The van der Waals surface area contributed by atoms with Crippen molar-refractivity contribution in [3.8, 4) is 5.75 Å². The lowest BCUT2D eigenvalue weighted by Gasteiger charge is -2.08. The van der Waals surface area contributed by atoms with Gasteiger partial charge in [-0.3, -0.25) is 9.78 Å². The van der Waals surface area contributed by atoms with Gasteiger partial charge in [-0.15, -0.1) is 11.3 Å². The number of aryl methyl sites for hydroxylation is 1. The third-order valence-corrected chi connectivity index (χ3v) is 4.13. The zero-order valence-electron chi connectivity index (χ0n) is 12.7. The summed E-state index contributed by atoms with van der Waals surface area (Å²) in [6.07, 6.45) is 3.27. The Morgan fingerprint density at radius 2 is 2.17 bits per heavy atom. The number of ether oxygens (including phenoxy) is 1. The van der Waals surface area contributed by atoms with Crippen LogP contribution in [0, 0.1) is 6.92 Å². The van der Waals surface area contributed by atoms with Gasteiger partial charge in [0, 0.05) is 6.20 Å². The maximum Gasteiger partial charge on any atom is 0.269 e. The summed E-state index contributed by atoms with van der Waals surface area (Å²) in [5, 5.41) is 4.67. The summed E-state index contributed by atoms with van der Waals surface area (Å²) in [6.45, 7) is 2.48. The van der Waals surface area contributed by atoms with Gasteiger partial charge < -0.3 is 10.1 Å². The van der Waals surface area contributed by atoms with Crippen molar-refractivity contribution in [2.24, 2.45) is 0 Å². The number of hydrogen-bond donors (Lipinski definition) is 1. The van der Waals surface area contributed by atoms with Crippen LogP contribution in [-0.2, 0) is 6.61 Å². The summed E-state index contributed by atoms with van der Waals surface area (Å²) < 4.78 is 5.81. The molecule has 0 fully saturated rings. The summed E-state index contributed by atoms with van der Waals surface area (Å²) in [5.74, 6) is 0.408. The van der Waals surface area contributed by atoms with Crippen LogP contribution in [0.1, 0.15) is 20.8 Å². The van der Waals surface area contributed by atoms with Crippen molar-refractivity contribution in [2.75, 3.05) is 5.32 Å². The molecule has 0 aliphatic heterocycles. The van der Waals surface area contributed by atoms with E-state index < -0.39 is 0 Å². The van der Waals surface area contributed by atoms with Crippen LogP contribution in [0.4, 0.5) is 5.69 Å². The lowest BCUT2D eigenvalue weighted by molar-refractivity contribution is 0.102. The largest absolute Gasteiger partial charge is 0.487 e. The first kappa shape index (κ1) is 15.2. The Kier molecular flexibility index (Phi) is 4.68. The maximum absolute atomic E-state index is 12.4. The number of nitrogens with zero attached hydrogens (tertiary/aromatic N) is 1. The quantitative estimate of drug-likeness (QED) is 0.762. The van der Waals surface area contributed by atoms with Gasteiger partial charge >= 0.3 is 0 Å². The molecule has 3 rings (SSSR count). The van der Waals surface area contributed by atoms with Gasteiger partial charge in [0.1, 0.15) is 17.2 Å². The van der Waals surface area contributed by atoms with Crippen LogP contribution in [0.2, 0.25) is 0 Å². The number of carbonyl (C=O) groups excluding carboxylic acids is 1. The molecule has 5 heteroatoms. The summed E-state index contributed by atoms with van der Waals surface area (Å²) in [5.41, 5.74) is 2.93. The van der Waals surface area contributed by atoms with Gasteiger partial charge in [0.15, 0.2) is 0 Å². The minimum Gasteiger partial charge on any atom is -0.487 e. The summed E-state index contributed by atoms with van der Waals surface area (Å²) in [7, 11) is 0. The van der Waals surface area contributed by atoms with E-state index in [1.807, 2.05) is 36.6 Å². The highest BCUT2D eigenvalue weighted by Gasteiger charge is 2.15. The van der Waals surface area contributed by atoms with E-state index in [4.69, 9.17) is 4.74 Å². The van der Waals surface area contributed by atoms with E-state index in [1.165, 1.54) is 16.9 Å². The number of hydrogen-bond acceptors (Lipinski definition) is 4. The lowest BCUT2D eigenvalue weighted by Crippen LogP contribution is -2.11. The van der Waals surface area contributed by atoms with Gasteiger partial charge in [-0.25, -0.2) is 0 Å². The highest BCUT2D eigenvalue weighted by molar-refractivity contribution is 7.12. The summed E-state index contributed by atoms with van der Waals surface area (Å²) in [4.78, 5) is 16.9. The average Bonchev–Trinajstić information content (AvgIpc) is 3.03. The Balaban J connectivity index is 1.68. The number of thiophene rings is 1. The number of pyridine rings is 1. The Morgan fingerprint density at radius 3 is 2.96 bits per heavy atom. The van der Waals surface area contributed by atoms with Crippen molar-refractivity contribution >= 4 is 22.9 Å². The van der Waals surface area contributed by atoms with Crippen LogP contribution in [0.15, 0.2) is 60.2 Å². The van der Waals surface area contributed by atoms with Crippen LogP contribution in [0.3, 0.4) is 0 Å². The zero-order chi connectivity index (χ0) is 16.1. The monoisotopic (exact) mass is 324 g/mol. The molecule has 116 valence electrons. The molecule has 0 bridgehead atoms. The average molecular weight is 324 g/mol. The molecule has 1 aromatic carbocycles. The number of aromatic nitrogens is 1. The number of nitrogens with one attached hydrogen (secondary N) is 1. The van der Waals surface area contributed by atoms with Crippen molar-refractivity contribution in [1.82, 2.24) is 4.98 Å². The molecule has 0 unspecified atom stereocenters. The fourth-order valence-corrected chi connectivity index (χ4v) is 2.89. The van der Waals surface area contributed by atoms with E-state index in [0.29, 0.717) is 22.9 Å². The van der Waals surface area contributed by atoms with Gasteiger partial charge in [0.2, 0.25) is 0 Å². The maximum atomic E-state index is 12.4. The van der Waals surface area contributed by atoms with Gasteiger partial charge in [0.25, 0.3) is 5.91 Å². The number of anilines is 1. The summed E-state index contributed by atoms with van der Waals surface area (Å²) >= 11 is 1.36. The van der Waals surface area contributed by atoms with Crippen LogP contribution in [0.25, 0.3) is 0 Å². The molecule has 3 aromatic rings. The van der Waals surface area contributed by atoms with Gasteiger partial charge in [-0.2, -0.15) is 0 Å². The van der Waals surface area contributed by atoms with E-state index in [-0.39, 0.29) is 5.91 Å². The van der Waals surface area contributed by atoms with Crippen LogP contribution in [0.5, 0.6) is 5.75 Å². The Hall–Kier alpha value is -2.66. The SMILES string of the molecule is Cc1cccc(COc2ccsc2C(=O)Nc2cccnc2)c1. The standard InChI is InChI=1S/C18H16N2O2S/c1-13-4-2-5-14(10-13)12-22-16-7-9-23-17(16)18(21)20-15-6-3-8-19-11-15/h2-11H,12H2,1H3,(H,20,21). The van der Waals surface area contributed by atoms with Crippen molar-refractivity contribution in [3.63, 3.8) is 0 Å². The van der Waals surface area contributed by atoms with Gasteiger partial charge in [0.05, 0.1) is 11.9 Å². The summed E-state index contributed by atoms with van der Waals surface area (Å²) in [6, 6.07) is 13.5. The number of amides is 1.